The first-order valence-corrected chi connectivity index (χ1v) is 5.55. The number of amides is 2. The second-order valence-corrected chi connectivity index (χ2v) is 4.02. The van der Waals surface area contributed by atoms with Crippen LogP contribution in [-0.2, 0) is 9.59 Å². The minimum Gasteiger partial charge on any atom is -0.347 e. The van der Waals surface area contributed by atoms with E-state index in [2.05, 4.69) is 10.6 Å². The number of carbonyl (C=O) groups excluding carboxylic acids is 2. The van der Waals surface area contributed by atoms with E-state index in [4.69, 9.17) is 5.73 Å². The Morgan fingerprint density at radius 3 is 2.72 bits per heavy atom. The number of benzene rings is 1. The standard InChI is InChI=1S/C12H16FN3O2/c1-8(14)5-11(17)15-7-12(18)16-10-4-2-3-9(13)6-10/h2-4,6,8H,5,7,14H2,1H3,(H,15,17)(H,16,18). The molecule has 5 nitrogen and oxygen atoms in total. The lowest BCUT2D eigenvalue weighted by molar-refractivity contribution is -0.124. The van der Waals surface area contributed by atoms with E-state index in [1.165, 1.54) is 18.2 Å². The molecular formula is C12H16FN3O2. The summed E-state index contributed by atoms with van der Waals surface area (Å²) in [5.41, 5.74) is 5.79. The molecule has 2 amide bonds. The number of nitrogens with one attached hydrogen (secondary N) is 2. The molecule has 0 bridgehead atoms. The van der Waals surface area contributed by atoms with Gasteiger partial charge in [0.1, 0.15) is 5.82 Å². The Balaban J connectivity index is 2.36. The highest BCUT2D eigenvalue weighted by molar-refractivity contribution is 5.94. The molecule has 18 heavy (non-hydrogen) atoms. The Kier molecular flexibility index (Phi) is 5.26. The zero-order chi connectivity index (χ0) is 13.5. The molecule has 1 aromatic rings. The van der Waals surface area contributed by atoms with E-state index >= 15 is 0 Å². The topological polar surface area (TPSA) is 84.2 Å². The van der Waals surface area contributed by atoms with Crippen LogP contribution in [0.3, 0.4) is 0 Å². The lowest BCUT2D eigenvalue weighted by Gasteiger charge is -2.08. The summed E-state index contributed by atoms with van der Waals surface area (Å²) in [5, 5.41) is 4.89. The van der Waals surface area contributed by atoms with Crippen LogP contribution in [0.25, 0.3) is 0 Å². The highest BCUT2D eigenvalue weighted by atomic mass is 19.1. The van der Waals surface area contributed by atoms with Gasteiger partial charge in [-0.15, -0.1) is 0 Å². The molecule has 0 saturated heterocycles. The summed E-state index contributed by atoms with van der Waals surface area (Å²) in [6.45, 7) is 1.54. The Bertz CT molecular complexity index is 435. The molecule has 0 aromatic heterocycles. The summed E-state index contributed by atoms with van der Waals surface area (Å²) >= 11 is 0. The van der Waals surface area contributed by atoms with Crippen molar-refractivity contribution in [3.63, 3.8) is 0 Å². The number of rotatable bonds is 5. The fraction of sp³-hybridized carbons (Fsp3) is 0.333. The molecule has 0 aliphatic heterocycles. The van der Waals surface area contributed by atoms with Crippen LogP contribution in [0.1, 0.15) is 13.3 Å². The van der Waals surface area contributed by atoms with Crippen LogP contribution in [0.4, 0.5) is 10.1 Å². The van der Waals surface area contributed by atoms with E-state index in [0.717, 1.165) is 0 Å². The van der Waals surface area contributed by atoms with Gasteiger partial charge in [0.25, 0.3) is 0 Å². The van der Waals surface area contributed by atoms with Crippen molar-refractivity contribution in [3.8, 4) is 0 Å². The molecule has 4 N–H and O–H groups in total. The second kappa shape index (κ2) is 6.70. The van der Waals surface area contributed by atoms with E-state index in [0.29, 0.717) is 5.69 Å². The van der Waals surface area contributed by atoms with Gasteiger partial charge < -0.3 is 16.4 Å². The third kappa shape index (κ3) is 5.40. The number of halogens is 1. The highest BCUT2D eigenvalue weighted by Crippen LogP contribution is 2.08. The summed E-state index contributed by atoms with van der Waals surface area (Å²) in [6, 6.07) is 5.27. The van der Waals surface area contributed by atoms with E-state index in [1.54, 1.807) is 13.0 Å². The predicted molar refractivity (Wildman–Crippen MR) is 66.3 cm³/mol. The average Bonchev–Trinajstić information content (AvgIpc) is 2.25. The first-order chi connectivity index (χ1) is 8.47. The van der Waals surface area contributed by atoms with Crippen molar-refractivity contribution in [2.75, 3.05) is 11.9 Å². The number of hydrogen-bond donors (Lipinski definition) is 3. The molecule has 0 saturated carbocycles. The van der Waals surface area contributed by atoms with Gasteiger partial charge in [-0.2, -0.15) is 0 Å². The van der Waals surface area contributed by atoms with Crippen molar-refractivity contribution >= 4 is 17.5 Å². The van der Waals surface area contributed by atoms with Gasteiger partial charge in [-0.1, -0.05) is 6.07 Å². The summed E-state index contributed by atoms with van der Waals surface area (Å²) < 4.78 is 12.8. The van der Waals surface area contributed by atoms with Gasteiger partial charge >= 0.3 is 0 Å². The quantitative estimate of drug-likeness (QED) is 0.719. The molecule has 1 aromatic carbocycles. The maximum absolute atomic E-state index is 12.8. The fourth-order valence-electron chi connectivity index (χ4n) is 1.31. The van der Waals surface area contributed by atoms with Crippen molar-refractivity contribution in [3.05, 3.63) is 30.1 Å². The maximum Gasteiger partial charge on any atom is 0.243 e. The van der Waals surface area contributed by atoms with Crippen LogP contribution in [0.2, 0.25) is 0 Å². The summed E-state index contributed by atoms with van der Waals surface area (Å²) in [7, 11) is 0. The molecule has 0 heterocycles. The van der Waals surface area contributed by atoms with E-state index in [9.17, 15) is 14.0 Å². The van der Waals surface area contributed by atoms with Gasteiger partial charge in [0, 0.05) is 18.2 Å². The SMILES string of the molecule is CC(N)CC(=O)NCC(=O)Nc1cccc(F)c1. The third-order valence-corrected chi connectivity index (χ3v) is 2.06. The van der Waals surface area contributed by atoms with Crippen molar-refractivity contribution in [2.24, 2.45) is 5.73 Å². The van der Waals surface area contributed by atoms with Gasteiger partial charge in [-0.25, -0.2) is 4.39 Å². The van der Waals surface area contributed by atoms with Gasteiger partial charge in [0.05, 0.1) is 6.54 Å². The van der Waals surface area contributed by atoms with Crippen molar-refractivity contribution in [2.45, 2.75) is 19.4 Å². The number of carbonyl (C=O) groups is 2. The summed E-state index contributed by atoms with van der Waals surface area (Å²) in [4.78, 5) is 22.7. The highest BCUT2D eigenvalue weighted by Gasteiger charge is 2.07. The Morgan fingerprint density at radius 2 is 2.11 bits per heavy atom. The lowest BCUT2D eigenvalue weighted by atomic mass is 10.2. The minimum atomic E-state index is -0.436. The van der Waals surface area contributed by atoms with E-state index < -0.39 is 11.7 Å². The van der Waals surface area contributed by atoms with Gasteiger partial charge in [0.15, 0.2) is 0 Å². The van der Waals surface area contributed by atoms with Crippen LogP contribution in [0.15, 0.2) is 24.3 Å². The van der Waals surface area contributed by atoms with Crippen LogP contribution in [0.5, 0.6) is 0 Å². The fourth-order valence-corrected chi connectivity index (χ4v) is 1.31. The summed E-state index contributed by atoms with van der Waals surface area (Å²) in [6.07, 6.45) is 0.160. The van der Waals surface area contributed by atoms with Crippen LogP contribution in [0, 0.1) is 5.82 Å². The normalized spacial score (nSPS) is 11.7. The minimum absolute atomic E-state index is 0.160. The molecule has 0 radical (unpaired) electrons. The second-order valence-electron chi connectivity index (χ2n) is 4.02. The number of anilines is 1. The lowest BCUT2D eigenvalue weighted by Crippen LogP contribution is -2.35. The smallest absolute Gasteiger partial charge is 0.243 e. The summed E-state index contributed by atoms with van der Waals surface area (Å²) in [5.74, 6) is -1.15. The van der Waals surface area contributed by atoms with Crippen LogP contribution < -0.4 is 16.4 Å². The van der Waals surface area contributed by atoms with E-state index in [1.807, 2.05) is 0 Å². The van der Waals surface area contributed by atoms with Gasteiger partial charge in [-0.3, -0.25) is 9.59 Å². The molecule has 0 aliphatic rings. The molecule has 1 rings (SSSR count). The molecule has 0 spiro atoms. The zero-order valence-electron chi connectivity index (χ0n) is 10.1. The Morgan fingerprint density at radius 1 is 1.39 bits per heavy atom. The largest absolute Gasteiger partial charge is 0.347 e. The van der Waals surface area contributed by atoms with Crippen molar-refractivity contribution < 1.29 is 14.0 Å². The first kappa shape index (κ1) is 14.1. The number of nitrogens with two attached hydrogens (primary N) is 1. The Labute approximate surface area is 105 Å². The molecule has 0 aliphatic carbocycles. The first-order valence-electron chi connectivity index (χ1n) is 5.55. The molecule has 1 atom stereocenters. The maximum atomic E-state index is 12.8. The molecule has 98 valence electrons. The zero-order valence-corrected chi connectivity index (χ0v) is 10.1. The van der Waals surface area contributed by atoms with Crippen LogP contribution >= 0.6 is 0 Å². The molecule has 0 fully saturated rings. The third-order valence-electron chi connectivity index (χ3n) is 2.06. The van der Waals surface area contributed by atoms with Crippen LogP contribution in [-0.4, -0.2) is 24.4 Å². The van der Waals surface area contributed by atoms with Gasteiger partial charge in [0.2, 0.25) is 11.8 Å². The monoisotopic (exact) mass is 253 g/mol. The molecular weight excluding hydrogens is 237 g/mol. The molecule has 1 unspecified atom stereocenters. The molecule has 6 heteroatoms. The van der Waals surface area contributed by atoms with Gasteiger partial charge in [-0.05, 0) is 25.1 Å². The Hall–Kier alpha value is -1.95. The number of hydrogen-bond acceptors (Lipinski definition) is 3. The average molecular weight is 253 g/mol. The van der Waals surface area contributed by atoms with Crippen molar-refractivity contribution in [1.82, 2.24) is 5.32 Å². The van der Waals surface area contributed by atoms with Crippen molar-refractivity contribution in [1.29, 1.82) is 0 Å². The predicted octanol–water partition coefficient (Wildman–Crippen LogP) is 0.618. The van der Waals surface area contributed by atoms with E-state index in [-0.39, 0.29) is 24.9 Å².